The summed E-state index contributed by atoms with van der Waals surface area (Å²) < 4.78 is 15.8. The molecule has 0 aliphatic heterocycles. The number of rotatable bonds is 4. The Hall–Kier alpha value is -0.230. The first-order chi connectivity index (χ1) is 9.01. The highest BCUT2D eigenvalue weighted by molar-refractivity contribution is 9.11. The summed E-state index contributed by atoms with van der Waals surface area (Å²) in [4.78, 5) is 1.22. The van der Waals surface area contributed by atoms with Crippen LogP contribution in [0.4, 0.5) is 4.39 Å². The number of likely N-dealkylation sites (N-methyl/N-ethyl adjacent to an activating group) is 1. The van der Waals surface area contributed by atoms with E-state index in [9.17, 15) is 4.39 Å². The number of thiophene rings is 1. The van der Waals surface area contributed by atoms with Crippen molar-refractivity contribution in [3.8, 4) is 0 Å². The van der Waals surface area contributed by atoms with Crippen molar-refractivity contribution in [1.29, 1.82) is 0 Å². The van der Waals surface area contributed by atoms with E-state index in [-0.39, 0.29) is 11.9 Å². The average molecular weight is 407 g/mol. The highest BCUT2D eigenvalue weighted by Crippen LogP contribution is 2.33. The lowest BCUT2D eigenvalue weighted by Gasteiger charge is -2.15. The zero-order valence-electron chi connectivity index (χ0n) is 10.6. The molecule has 1 unspecified atom stereocenters. The molecular formula is C14H14Br2FNS. The molecule has 2 rings (SSSR count). The minimum Gasteiger partial charge on any atom is -0.312 e. The maximum atomic E-state index is 13.9. The molecule has 102 valence electrons. The van der Waals surface area contributed by atoms with Crippen molar-refractivity contribution < 1.29 is 4.39 Å². The molecule has 0 saturated carbocycles. The fraction of sp³-hybridized carbons (Fsp3) is 0.286. The normalized spacial score (nSPS) is 12.7. The molecule has 1 nitrogen and oxygen atoms in total. The van der Waals surface area contributed by atoms with Gasteiger partial charge in [0.05, 0.1) is 3.79 Å². The van der Waals surface area contributed by atoms with E-state index in [0.29, 0.717) is 6.42 Å². The molecule has 0 radical (unpaired) electrons. The van der Waals surface area contributed by atoms with E-state index in [1.54, 1.807) is 11.3 Å². The lowest BCUT2D eigenvalue weighted by molar-refractivity contribution is 0.559. The summed E-state index contributed by atoms with van der Waals surface area (Å²) in [5.41, 5.74) is 1.95. The van der Waals surface area contributed by atoms with Gasteiger partial charge >= 0.3 is 0 Å². The molecule has 1 heterocycles. The average Bonchev–Trinajstić information content (AvgIpc) is 2.68. The van der Waals surface area contributed by atoms with Gasteiger partial charge in [-0.15, -0.1) is 11.3 Å². The van der Waals surface area contributed by atoms with Crippen molar-refractivity contribution in [2.24, 2.45) is 0 Å². The Labute approximate surface area is 133 Å². The Kier molecular flexibility index (Phi) is 5.17. The van der Waals surface area contributed by atoms with Crippen LogP contribution in [0.2, 0.25) is 0 Å². The second-order valence-corrected chi connectivity index (χ2v) is 7.70. The van der Waals surface area contributed by atoms with E-state index in [1.807, 2.05) is 19.2 Å². The van der Waals surface area contributed by atoms with Crippen LogP contribution in [0.5, 0.6) is 0 Å². The van der Waals surface area contributed by atoms with Crippen molar-refractivity contribution in [3.63, 3.8) is 0 Å². The molecule has 5 heteroatoms. The van der Waals surface area contributed by atoms with Gasteiger partial charge in [-0.2, -0.15) is 0 Å². The summed E-state index contributed by atoms with van der Waals surface area (Å²) >= 11 is 8.51. The van der Waals surface area contributed by atoms with Gasteiger partial charge in [0.25, 0.3) is 0 Å². The smallest absolute Gasteiger partial charge is 0.127 e. The molecule has 19 heavy (non-hydrogen) atoms. The Morgan fingerprint density at radius 1 is 1.32 bits per heavy atom. The van der Waals surface area contributed by atoms with Gasteiger partial charge in [-0.25, -0.2) is 4.39 Å². The molecule has 0 aliphatic carbocycles. The van der Waals surface area contributed by atoms with Gasteiger partial charge in [0.2, 0.25) is 0 Å². The van der Waals surface area contributed by atoms with Gasteiger partial charge in [0.15, 0.2) is 0 Å². The molecule has 0 saturated heterocycles. The molecule has 0 amide bonds. The Bertz CT molecular complexity index is 563. The molecule has 1 N–H and O–H groups in total. The summed E-state index contributed by atoms with van der Waals surface area (Å²) in [6, 6.07) is 7.50. The maximum Gasteiger partial charge on any atom is 0.127 e. The Morgan fingerprint density at radius 2 is 2.05 bits per heavy atom. The number of halogens is 3. The molecule has 0 spiro atoms. The molecule has 1 aromatic carbocycles. The van der Waals surface area contributed by atoms with E-state index in [1.165, 1.54) is 16.5 Å². The van der Waals surface area contributed by atoms with Crippen LogP contribution < -0.4 is 5.32 Å². The summed E-state index contributed by atoms with van der Waals surface area (Å²) in [7, 11) is 1.91. The van der Waals surface area contributed by atoms with Gasteiger partial charge in [0.1, 0.15) is 5.82 Å². The first kappa shape index (κ1) is 15.2. The third kappa shape index (κ3) is 3.66. The molecule has 1 atom stereocenters. The van der Waals surface area contributed by atoms with Crippen molar-refractivity contribution in [2.45, 2.75) is 19.4 Å². The highest BCUT2D eigenvalue weighted by Gasteiger charge is 2.16. The number of benzene rings is 1. The lowest BCUT2D eigenvalue weighted by Crippen LogP contribution is -2.18. The lowest BCUT2D eigenvalue weighted by atomic mass is 10.0. The summed E-state index contributed by atoms with van der Waals surface area (Å²) in [5.74, 6) is -0.165. The van der Waals surface area contributed by atoms with Crippen molar-refractivity contribution >= 4 is 43.2 Å². The topological polar surface area (TPSA) is 12.0 Å². The van der Waals surface area contributed by atoms with Crippen molar-refractivity contribution in [2.75, 3.05) is 7.05 Å². The summed E-state index contributed by atoms with van der Waals surface area (Å²) in [5, 5.41) is 3.26. The van der Waals surface area contributed by atoms with Crippen LogP contribution in [-0.4, -0.2) is 7.05 Å². The van der Waals surface area contributed by atoms with E-state index < -0.39 is 0 Å². The Balaban J connectivity index is 2.23. The van der Waals surface area contributed by atoms with Gasteiger partial charge in [-0.3, -0.25) is 0 Å². The second-order valence-electron chi connectivity index (χ2n) is 4.39. The second kappa shape index (κ2) is 6.48. The fourth-order valence-corrected chi connectivity index (χ4v) is 3.92. The van der Waals surface area contributed by atoms with Crippen LogP contribution in [0.25, 0.3) is 0 Å². The summed E-state index contributed by atoms with van der Waals surface area (Å²) in [6.45, 7) is 2.07. The summed E-state index contributed by atoms with van der Waals surface area (Å²) in [6.07, 6.45) is 0.641. The minimum absolute atomic E-state index is 0.130. The first-order valence-electron chi connectivity index (χ1n) is 5.88. The van der Waals surface area contributed by atoms with Crippen LogP contribution >= 0.6 is 43.2 Å². The minimum atomic E-state index is -0.165. The quantitative estimate of drug-likeness (QED) is 0.733. The first-order valence-corrected chi connectivity index (χ1v) is 8.28. The molecule has 0 bridgehead atoms. The predicted molar refractivity (Wildman–Crippen MR) is 86.4 cm³/mol. The highest BCUT2D eigenvalue weighted by atomic mass is 79.9. The van der Waals surface area contributed by atoms with E-state index in [0.717, 1.165) is 13.8 Å². The predicted octanol–water partition coefficient (Wildman–Crippen LogP) is 5.22. The standard InChI is InChI=1S/C14H14Br2FNS/c1-8-5-13(19-14(8)16)12(18-2)6-9-3-4-10(15)7-11(9)17/h3-5,7,12,18H,6H2,1-2H3. The van der Waals surface area contributed by atoms with Crippen molar-refractivity contribution in [3.05, 3.63) is 54.3 Å². The van der Waals surface area contributed by atoms with Crippen LogP contribution in [-0.2, 0) is 6.42 Å². The third-order valence-electron chi connectivity index (χ3n) is 3.01. The van der Waals surface area contributed by atoms with E-state index in [4.69, 9.17) is 0 Å². The Morgan fingerprint density at radius 3 is 2.58 bits per heavy atom. The fourth-order valence-electron chi connectivity index (χ4n) is 1.91. The third-order valence-corrected chi connectivity index (χ3v) is 5.75. The zero-order chi connectivity index (χ0) is 14.0. The molecular weight excluding hydrogens is 393 g/mol. The molecule has 0 fully saturated rings. The SMILES string of the molecule is CNC(Cc1ccc(Br)cc1F)c1cc(C)c(Br)s1. The number of hydrogen-bond acceptors (Lipinski definition) is 2. The van der Waals surface area contributed by atoms with Crippen LogP contribution in [0.3, 0.4) is 0 Å². The number of hydrogen-bond donors (Lipinski definition) is 1. The molecule has 0 aliphatic rings. The van der Waals surface area contributed by atoms with Crippen LogP contribution in [0.1, 0.15) is 22.0 Å². The van der Waals surface area contributed by atoms with E-state index in [2.05, 4.69) is 50.2 Å². The maximum absolute atomic E-state index is 13.9. The molecule has 2 aromatic rings. The van der Waals surface area contributed by atoms with E-state index >= 15 is 0 Å². The number of nitrogens with one attached hydrogen (secondary N) is 1. The molecule has 1 aromatic heterocycles. The monoisotopic (exact) mass is 405 g/mol. The zero-order valence-corrected chi connectivity index (χ0v) is 14.6. The van der Waals surface area contributed by atoms with Crippen LogP contribution in [0, 0.1) is 12.7 Å². The van der Waals surface area contributed by atoms with Gasteiger partial charge < -0.3 is 5.32 Å². The van der Waals surface area contributed by atoms with Crippen LogP contribution in [0.15, 0.2) is 32.5 Å². The van der Waals surface area contributed by atoms with Gasteiger partial charge in [-0.05, 0) is 65.6 Å². The number of aryl methyl sites for hydroxylation is 1. The van der Waals surface area contributed by atoms with Gasteiger partial charge in [-0.1, -0.05) is 22.0 Å². The van der Waals surface area contributed by atoms with Gasteiger partial charge in [0, 0.05) is 15.4 Å². The largest absolute Gasteiger partial charge is 0.312 e. The van der Waals surface area contributed by atoms with Crippen molar-refractivity contribution in [1.82, 2.24) is 5.32 Å².